The molecule has 0 spiro atoms. The SMILES string of the molecule is [CH]CNC1CCNC1. The van der Waals surface area contributed by atoms with E-state index in [1.54, 1.807) is 0 Å². The van der Waals surface area contributed by atoms with Gasteiger partial charge in [-0.3, -0.25) is 0 Å². The van der Waals surface area contributed by atoms with Crippen LogP contribution in [0.25, 0.3) is 0 Å². The van der Waals surface area contributed by atoms with Crippen molar-refractivity contribution in [3.8, 4) is 0 Å². The molecule has 1 rings (SSSR count). The third kappa shape index (κ3) is 1.46. The molecule has 1 fully saturated rings. The lowest BCUT2D eigenvalue weighted by atomic mass is 10.3. The Balaban J connectivity index is 2.06. The zero-order valence-electron chi connectivity index (χ0n) is 4.98. The maximum atomic E-state index is 5.27. The first-order chi connectivity index (χ1) is 3.93. The molecule has 1 aliphatic rings. The molecule has 0 aliphatic carbocycles. The van der Waals surface area contributed by atoms with Gasteiger partial charge in [-0.1, -0.05) is 0 Å². The normalized spacial score (nSPS) is 28.9. The zero-order chi connectivity index (χ0) is 5.82. The van der Waals surface area contributed by atoms with Crippen LogP contribution in [0.15, 0.2) is 0 Å². The number of rotatable bonds is 2. The van der Waals surface area contributed by atoms with Gasteiger partial charge in [0.15, 0.2) is 0 Å². The molecule has 2 radical (unpaired) electrons. The molecular formula is C6H12N2. The minimum absolute atomic E-state index is 0.604. The van der Waals surface area contributed by atoms with Crippen LogP contribution in [0.4, 0.5) is 0 Å². The summed E-state index contributed by atoms with van der Waals surface area (Å²) in [7, 11) is 0. The third-order valence-corrected chi connectivity index (χ3v) is 1.47. The van der Waals surface area contributed by atoms with Crippen LogP contribution in [0, 0.1) is 6.92 Å². The summed E-state index contributed by atoms with van der Waals surface area (Å²) in [5.41, 5.74) is 0. The van der Waals surface area contributed by atoms with Crippen molar-refractivity contribution in [3.05, 3.63) is 6.92 Å². The van der Waals surface area contributed by atoms with Crippen molar-refractivity contribution in [1.29, 1.82) is 0 Å². The topological polar surface area (TPSA) is 24.1 Å². The van der Waals surface area contributed by atoms with Gasteiger partial charge in [-0.15, -0.1) is 0 Å². The summed E-state index contributed by atoms with van der Waals surface area (Å²) >= 11 is 0. The molecular weight excluding hydrogens is 100 g/mol. The summed E-state index contributed by atoms with van der Waals surface area (Å²) in [5, 5.41) is 6.40. The highest BCUT2D eigenvalue weighted by Gasteiger charge is 2.11. The number of nitrogens with one attached hydrogen (secondary N) is 2. The Kier molecular flexibility index (Phi) is 2.30. The minimum Gasteiger partial charge on any atom is -0.315 e. The van der Waals surface area contributed by atoms with Gasteiger partial charge in [-0.2, -0.15) is 0 Å². The van der Waals surface area contributed by atoms with Crippen molar-refractivity contribution in [1.82, 2.24) is 10.6 Å². The quantitative estimate of drug-likeness (QED) is 0.510. The van der Waals surface area contributed by atoms with Crippen LogP contribution in [0.5, 0.6) is 0 Å². The summed E-state index contributed by atoms with van der Waals surface area (Å²) in [6.45, 7) is 8.09. The van der Waals surface area contributed by atoms with E-state index in [0.717, 1.165) is 13.1 Å². The summed E-state index contributed by atoms with van der Waals surface area (Å²) in [5.74, 6) is 0. The van der Waals surface area contributed by atoms with Crippen LogP contribution >= 0.6 is 0 Å². The molecule has 1 unspecified atom stereocenters. The molecule has 0 aromatic carbocycles. The molecule has 2 heteroatoms. The maximum absolute atomic E-state index is 5.27. The van der Waals surface area contributed by atoms with Gasteiger partial charge in [0.1, 0.15) is 0 Å². The van der Waals surface area contributed by atoms with Crippen LogP contribution in [0.3, 0.4) is 0 Å². The van der Waals surface area contributed by atoms with Gasteiger partial charge in [0.2, 0.25) is 0 Å². The lowest BCUT2D eigenvalue weighted by molar-refractivity contribution is 0.582. The second-order valence-electron chi connectivity index (χ2n) is 2.10. The predicted molar refractivity (Wildman–Crippen MR) is 33.6 cm³/mol. The molecule has 1 atom stereocenters. The van der Waals surface area contributed by atoms with Crippen molar-refractivity contribution >= 4 is 0 Å². The fourth-order valence-corrected chi connectivity index (χ4v) is 0.996. The van der Waals surface area contributed by atoms with Crippen LogP contribution in [-0.2, 0) is 0 Å². The van der Waals surface area contributed by atoms with Crippen LogP contribution < -0.4 is 10.6 Å². The fraction of sp³-hybridized carbons (Fsp3) is 0.833. The highest BCUT2D eigenvalue weighted by Crippen LogP contribution is 1.94. The van der Waals surface area contributed by atoms with E-state index < -0.39 is 0 Å². The predicted octanol–water partition coefficient (Wildman–Crippen LogP) is -0.351. The molecule has 2 N–H and O–H groups in total. The second kappa shape index (κ2) is 3.05. The Morgan fingerprint density at radius 1 is 1.75 bits per heavy atom. The number of hydrogen-bond donors (Lipinski definition) is 2. The highest BCUT2D eigenvalue weighted by molar-refractivity contribution is 4.76. The van der Waals surface area contributed by atoms with Gasteiger partial charge in [-0.05, 0) is 26.4 Å². The average Bonchev–Trinajstić information content (AvgIpc) is 2.19. The third-order valence-electron chi connectivity index (χ3n) is 1.47. The fourth-order valence-electron chi connectivity index (χ4n) is 0.996. The summed E-state index contributed by atoms with van der Waals surface area (Å²) < 4.78 is 0. The Bertz CT molecular complexity index is 57.5. The molecule has 46 valence electrons. The van der Waals surface area contributed by atoms with Crippen LogP contribution in [0.2, 0.25) is 0 Å². The van der Waals surface area contributed by atoms with Crippen LogP contribution in [-0.4, -0.2) is 25.7 Å². The molecule has 0 aromatic heterocycles. The molecule has 0 aromatic rings. The smallest absolute Gasteiger partial charge is 0.0204 e. The van der Waals surface area contributed by atoms with E-state index in [9.17, 15) is 0 Å². The lowest BCUT2D eigenvalue weighted by Crippen LogP contribution is -2.30. The van der Waals surface area contributed by atoms with E-state index in [4.69, 9.17) is 6.92 Å². The summed E-state index contributed by atoms with van der Waals surface area (Å²) in [6, 6.07) is 0.625. The Hall–Kier alpha value is -0.0800. The van der Waals surface area contributed by atoms with E-state index in [2.05, 4.69) is 10.6 Å². The lowest BCUT2D eigenvalue weighted by Gasteiger charge is -2.06. The maximum Gasteiger partial charge on any atom is 0.0204 e. The highest BCUT2D eigenvalue weighted by atomic mass is 15.0. The van der Waals surface area contributed by atoms with Gasteiger partial charge in [0.05, 0.1) is 0 Å². The monoisotopic (exact) mass is 112 g/mol. The van der Waals surface area contributed by atoms with Crippen molar-refractivity contribution in [2.45, 2.75) is 12.5 Å². The van der Waals surface area contributed by atoms with Gasteiger partial charge in [0.25, 0.3) is 0 Å². The first kappa shape index (κ1) is 6.05. The molecule has 8 heavy (non-hydrogen) atoms. The Morgan fingerprint density at radius 3 is 3.12 bits per heavy atom. The van der Waals surface area contributed by atoms with Gasteiger partial charge in [0, 0.05) is 12.6 Å². The van der Waals surface area contributed by atoms with Crippen molar-refractivity contribution in [3.63, 3.8) is 0 Å². The number of hydrogen-bond acceptors (Lipinski definition) is 2. The van der Waals surface area contributed by atoms with E-state index in [-0.39, 0.29) is 0 Å². The van der Waals surface area contributed by atoms with E-state index in [0.29, 0.717) is 12.6 Å². The van der Waals surface area contributed by atoms with E-state index in [1.807, 2.05) is 0 Å². The molecule has 1 heterocycles. The van der Waals surface area contributed by atoms with E-state index in [1.165, 1.54) is 6.42 Å². The Morgan fingerprint density at radius 2 is 2.62 bits per heavy atom. The largest absolute Gasteiger partial charge is 0.315 e. The molecule has 2 nitrogen and oxygen atoms in total. The molecule has 1 saturated heterocycles. The molecule has 0 bridgehead atoms. The van der Waals surface area contributed by atoms with Gasteiger partial charge >= 0.3 is 0 Å². The standard InChI is InChI=1S/C6H12N2/c1-2-8-6-3-4-7-5-6/h1,6-8H,2-5H2. The Labute approximate surface area is 50.7 Å². The summed E-state index contributed by atoms with van der Waals surface area (Å²) in [6.07, 6.45) is 1.22. The second-order valence-corrected chi connectivity index (χ2v) is 2.10. The molecule has 0 amide bonds. The van der Waals surface area contributed by atoms with Crippen molar-refractivity contribution < 1.29 is 0 Å². The average molecular weight is 112 g/mol. The van der Waals surface area contributed by atoms with Gasteiger partial charge < -0.3 is 10.6 Å². The zero-order valence-corrected chi connectivity index (χ0v) is 4.98. The first-order valence-electron chi connectivity index (χ1n) is 3.07. The van der Waals surface area contributed by atoms with Crippen molar-refractivity contribution in [2.24, 2.45) is 0 Å². The molecule has 1 aliphatic heterocycles. The summed E-state index contributed by atoms with van der Waals surface area (Å²) in [4.78, 5) is 0. The molecule has 0 saturated carbocycles. The van der Waals surface area contributed by atoms with Gasteiger partial charge in [-0.25, -0.2) is 0 Å². The van der Waals surface area contributed by atoms with Crippen molar-refractivity contribution in [2.75, 3.05) is 19.6 Å². The first-order valence-corrected chi connectivity index (χ1v) is 3.07. The van der Waals surface area contributed by atoms with Crippen LogP contribution in [0.1, 0.15) is 6.42 Å². The minimum atomic E-state index is 0.604. The van der Waals surface area contributed by atoms with E-state index >= 15 is 0 Å².